The average molecular weight is 348 g/mol. The van der Waals surface area contributed by atoms with Gasteiger partial charge < -0.3 is 19.8 Å². The van der Waals surface area contributed by atoms with Crippen LogP contribution >= 0.6 is 0 Å². The SMILES string of the molecule is CC(C)[C@H](NC(=O)c1ccco1)C(=O)NCCOc1ccc(F)cc1. The van der Waals surface area contributed by atoms with Gasteiger partial charge in [0.25, 0.3) is 5.91 Å². The fourth-order valence-corrected chi connectivity index (χ4v) is 2.14. The first-order valence-corrected chi connectivity index (χ1v) is 7.98. The summed E-state index contributed by atoms with van der Waals surface area (Å²) in [7, 11) is 0. The van der Waals surface area contributed by atoms with E-state index in [-0.39, 0.29) is 36.6 Å². The molecule has 2 amide bonds. The quantitative estimate of drug-likeness (QED) is 0.718. The molecule has 0 unspecified atom stereocenters. The summed E-state index contributed by atoms with van der Waals surface area (Å²) in [4.78, 5) is 24.3. The van der Waals surface area contributed by atoms with Crippen LogP contribution in [0.15, 0.2) is 47.1 Å². The third-order valence-electron chi connectivity index (χ3n) is 3.46. The number of furan rings is 1. The van der Waals surface area contributed by atoms with E-state index in [0.29, 0.717) is 5.75 Å². The Morgan fingerprint density at radius 3 is 2.52 bits per heavy atom. The number of benzene rings is 1. The van der Waals surface area contributed by atoms with Gasteiger partial charge in [-0.2, -0.15) is 0 Å². The zero-order chi connectivity index (χ0) is 18.2. The highest BCUT2D eigenvalue weighted by Gasteiger charge is 2.25. The third kappa shape index (κ3) is 5.63. The number of carbonyl (C=O) groups is 2. The van der Waals surface area contributed by atoms with E-state index in [1.54, 1.807) is 6.07 Å². The Hall–Kier alpha value is -2.83. The molecule has 0 aliphatic rings. The highest BCUT2D eigenvalue weighted by Crippen LogP contribution is 2.10. The number of halogens is 1. The third-order valence-corrected chi connectivity index (χ3v) is 3.46. The second kappa shape index (κ2) is 8.86. The van der Waals surface area contributed by atoms with E-state index in [1.807, 2.05) is 13.8 Å². The molecule has 2 rings (SSSR count). The standard InChI is InChI=1S/C18H21FN2O4/c1-12(2)16(21-17(22)15-4-3-10-25-15)18(23)20-9-11-24-14-7-5-13(19)6-8-14/h3-8,10,12,16H,9,11H2,1-2H3,(H,20,23)(H,21,22)/t16-/m0/s1. The van der Waals surface area contributed by atoms with Crippen LogP contribution in [0.3, 0.4) is 0 Å². The first-order chi connectivity index (χ1) is 12.0. The molecule has 2 N–H and O–H groups in total. The van der Waals surface area contributed by atoms with Crippen LogP contribution in [-0.2, 0) is 4.79 Å². The second-order valence-electron chi connectivity index (χ2n) is 5.77. The molecule has 25 heavy (non-hydrogen) atoms. The van der Waals surface area contributed by atoms with Crippen molar-refractivity contribution in [1.82, 2.24) is 10.6 Å². The molecule has 0 spiro atoms. The molecule has 134 valence electrons. The van der Waals surface area contributed by atoms with Crippen molar-refractivity contribution < 1.29 is 23.1 Å². The largest absolute Gasteiger partial charge is 0.492 e. The summed E-state index contributed by atoms with van der Waals surface area (Å²) < 4.78 is 23.2. The molecular formula is C18H21FN2O4. The molecule has 0 saturated heterocycles. The van der Waals surface area contributed by atoms with Gasteiger partial charge in [-0.15, -0.1) is 0 Å². The minimum atomic E-state index is -0.691. The van der Waals surface area contributed by atoms with Crippen molar-refractivity contribution in [3.63, 3.8) is 0 Å². The van der Waals surface area contributed by atoms with Gasteiger partial charge in [-0.05, 0) is 42.3 Å². The number of nitrogens with one attached hydrogen (secondary N) is 2. The summed E-state index contributed by atoms with van der Waals surface area (Å²) in [6, 6.07) is 8.06. The van der Waals surface area contributed by atoms with Crippen molar-refractivity contribution in [2.45, 2.75) is 19.9 Å². The average Bonchev–Trinajstić information content (AvgIpc) is 3.12. The summed E-state index contributed by atoms with van der Waals surface area (Å²) >= 11 is 0. The molecule has 0 bridgehead atoms. The van der Waals surface area contributed by atoms with Gasteiger partial charge in [-0.25, -0.2) is 4.39 Å². The van der Waals surface area contributed by atoms with E-state index in [0.717, 1.165) is 0 Å². The van der Waals surface area contributed by atoms with Crippen molar-refractivity contribution in [1.29, 1.82) is 0 Å². The Balaban J connectivity index is 1.79. The maximum atomic E-state index is 12.8. The zero-order valence-electron chi connectivity index (χ0n) is 14.1. The van der Waals surface area contributed by atoms with Gasteiger partial charge in [-0.3, -0.25) is 9.59 Å². The van der Waals surface area contributed by atoms with Gasteiger partial charge in [0.2, 0.25) is 5.91 Å². The highest BCUT2D eigenvalue weighted by atomic mass is 19.1. The number of amides is 2. The smallest absolute Gasteiger partial charge is 0.287 e. The molecule has 0 saturated carbocycles. The van der Waals surface area contributed by atoms with Crippen molar-refractivity contribution in [3.8, 4) is 5.75 Å². The number of hydrogen-bond donors (Lipinski definition) is 2. The molecule has 1 aromatic heterocycles. The van der Waals surface area contributed by atoms with Crippen LogP contribution in [0.2, 0.25) is 0 Å². The van der Waals surface area contributed by atoms with Crippen LogP contribution in [-0.4, -0.2) is 31.0 Å². The van der Waals surface area contributed by atoms with Crippen LogP contribution < -0.4 is 15.4 Å². The van der Waals surface area contributed by atoms with Crippen molar-refractivity contribution in [2.24, 2.45) is 5.92 Å². The van der Waals surface area contributed by atoms with E-state index < -0.39 is 11.9 Å². The summed E-state index contributed by atoms with van der Waals surface area (Å²) in [5.74, 6) is -0.524. The molecule has 6 nitrogen and oxygen atoms in total. The molecule has 1 heterocycles. The normalized spacial score (nSPS) is 11.8. The van der Waals surface area contributed by atoms with E-state index in [4.69, 9.17) is 9.15 Å². The van der Waals surface area contributed by atoms with Gasteiger partial charge in [0.1, 0.15) is 24.2 Å². The van der Waals surface area contributed by atoms with Crippen LogP contribution in [0.25, 0.3) is 0 Å². The first-order valence-electron chi connectivity index (χ1n) is 7.98. The molecular weight excluding hydrogens is 327 g/mol. The fourth-order valence-electron chi connectivity index (χ4n) is 2.14. The first kappa shape index (κ1) is 18.5. The molecule has 0 fully saturated rings. The fraction of sp³-hybridized carbons (Fsp3) is 0.333. The van der Waals surface area contributed by atoms with Gasteiger partial charge in [0.15, 0.2) is 5.76 Å². The Bertz CT molecular complexity index is 684. The summed E-state index contributed by atoms with van der Waals surface area (Å²) in [6.07, 6.45) is 1.39. The lowest BCUT2D eigenvalue weighted by molar-refractivity contribution is -0.124. The molecule has 2 aromatic rings. The lowest BCUT2D eigenvalue weighted by Gasteiger charge is -2.21. The molecule has 7 heteroatoms. The second-order valence-corrected chi connectivity index (χ2v) is 5.77. The minimum absolute atomic E-state index is 0.100. The Morgan fingerprint density at radius 2 is 1.92 bits per heavy atom. The van der Waals surface area contributed by atoms with Gasteiger partial charge in [0, 0.05) is 0 Å². The predicted octanol–water partition coefficient (Wildman–Crippen LogP) is 2.37. The number of rotatable bonds is 8. The summed E-state index contributed by atoms with van der Waals surface area (Å²) in [6.45, 7) is 4.16. The Morgan fingerprint density at radius 1 is 1.20 bits per heavy atom. The van der Waals surface area contributed by atoms with E-state index in [1.165, 1.54) is 36.6 Å². The van der Waals surface area contributed by atoms with Crippen LogP contribution in [0, 0.1) is 11.7 Å². The number of hydrogen-bond acceptors (Lipinski definition) is 4. The van der Waals surface area contributed by atoms with Crippen molar-refractivity contribution >= 4 is 11.8 Å². The molecule has 1 atom stereocenters. The van der Waals surface area contributed by atoms with Crippen molar-refractivity contribution in [3.05, 3.63) is 54.2 Å². The van der Waals surface area contributed by atoms with Gasteiger partial charge >= 0.3 is 0 Å². The Kier molecular flexibility index (Phi) is 6.56. The maximum Gasteiger partial charge on any atom is 0.287 e. The van der Waals surface area contributed by atoms with Gasteiger partial charge in [-0.1, -0.05) is 13.8 Å². The minimum Gasteiger partial charge on any atom is -0.492 e. The zero-order valence-corrected chi connectivity index (χ0v) is 14.1. The molecule has 0 radical (unpaired) electrons. The van der Waals surface area contributed by atoms with E-state index >= 15 is 0 Å². The molecule has 1 aromatic carbocycles. The Labute approximate surface area is 145 Å². The molecule has 0 aliphatic heterocycles. The lowest BCUT2D eigenvalue weighted by atomic mass is 10.0. The van der Waals surface area contributed by atoms with E-state index in [9.17, 15) is 14.0 Å². The van der Waals surface area contributed by atoms with E-state index in [2.05, 4.69) is 10.6 Å². The van der Waals surface area contributed by atoms with Crippen LogP contribution in [0.4, 0.5) is 4.39 Å². The topological polar surface area (TPSA) is 80.6 Å². The monoisotopic (exact) mass is 348 g/mol. The predicted molar refractivity (Wildman–Crippen MR) is 89.7 cm³/mol. The summed E-state index contributed by atoms with van der Waals surface area (Å²) in [5, 5.41) is 5.37. The highest BCUT2D eigenvalue weighted by molar-refractivity contribution is 5.95. The summed E-state index contributed by atoms with van der Waals surface area (Å²) in [5.41, 5.74) is 0. The number of carbonyl (C=O) groups excluding carboxylic acids is 2. The maximum absolute atomic E-state index is 12.8. The van der Waals surface area contributed by atoms with Crippen LogP contribution in [0.1, 0.15) is 24.4 Å². The van der Waals surface area contributed by atoms with Crippen molar-refractivity contribution in [2.75, 3.05) is 13.2 Å². The van der Waals surface area contributed by atoms with Crippen LogP contribution in [0.5, 0.6) is 5.75 Å². The number of ether oxygens (including phenoxy) is 1. The lowest BCUT2D eigenvalue weighted by Crippen LogP contribution is -2.50. The molecule has 0 aliphatic carbocycles. The van der Waals surface area contributed by atoms with Gasteiger partial charge in [0.05, 0.1) is 12.8 Å².